The molecule has 23 heavy (non-hydrogen) atoms. The first kappa shape index (κ1) is 15.8. The molecule has 0 spiro atoms. The first-order valence-electron chi connectivity index (χ1n) is 7.52. The number of benzene rings is 2. The molecule has 0 fully saturated rings. The molecule has 1 heterocycles. The Bertz CT molecular complexity index is 885. The summed E-state index contributed by atoms with van der Waals surface area (Å²) < 4.78 is 12.9. The van der Waals surface area contributed by atoms with Crippen LogP contribution in [0.5, 0.6) is 11.5 Å². The minimum Gasteiger partial charge on any atom is -0.495 e. The molecule has 1 N–H and O–H groups in total. The Balaban J connectivity index is 2.17. The third-order valence-electron chi connectivity index (χ3n) is 3.68. The van der Waals surface area contributed by atoms with Gasteiger partial charge in [-0.25, -0.2) is 0 Å². The zero-order valence-corrected chi connectivity index (χ0v) is 13.7. The summed E-state index contributed by atoms with van der Waals surface area (Å²) >= 11 is 1.53. The standard InChI is InChI=1S/C18H18O4S/c1-21-14-9-8-13(22-11-5-4-10-19)16-17(20)12-6-2-3-7-15(12)23-18(14)16/h2-3,6-9,19H,4-5,10-11H2,1H3. The summed E-state index contributed by atoms with van der Waals surface area (Å²) in [6, 6.07) is 11.2. The Morgan fingerprint density at radius 1 is 1.09 bits per heavy atom. The van der Waals surface area contributed by atoms with Crippen LogP contribution in [0.3, 0.4) is 0 Å². The Hall–Kier alpha value is -2.11. The van der Waals surface area contributed by atoms with Crippen LogP contribution in [0.2, 0.25) is 0 Å². The zero-order valence-electron chi connectivity index (χ0n) is 12.9. The molecule has 3 aromatic rings. The number of aliphatic hydroxyl groups is 1. The second kappa shape index (κ2) is 6.98. The largest absolute Gasteiger partial charge is 0.495 e. The molecule has 0 aliphatic rings. The zero-order chi connectivity index (χ0) is 16.2. The molecular weight excluding hydrogens is 312 g/mol. The van der Waals surface area contributed by atoms with E-state index in [0.717, 1.165) is 15.8 Å². The van der Waals surface area contributed by atoms with E-state index in [0.29, 0.717) is 35.3 Å². The highest BCUT2D eigenvalue weighted by atomic mass is 32.1. The van der Waals surface area contributed by atoms with Crippen molar-refractivity contribution in [2.24, 2.45) is 0 Å². The van der Waals surface area contributed by atoms with Crippen LogP contribution in [0.4, 0.5) is 0 Å². The van der Waals surface area contributed by atoms with E-state index in [2.05, 4.69) is 0 Å². The molecule has 3 rings (SSSR count). The van der Waals surface area contributed by atoms with Gasteiger partial charge in [0.05, 0.1) is 23.8 Å². The van der Waals surface area contributed by atoms with E-state index in [4.69, 9.17) is 14.6 Å². The Labute approximate surface area is 137 Å². The van der Waals surface area contributed by atoms with Gasteiger partial charge >= 0.3 is 0 Å². The van der Waals surface area contributed by atoms with E-state index < -0.39 is 0 Å². The van der Waals surface area contributed by atoms with Gasteiger partial charge in [0, 0.05) is 16.7 Å². The molecule has 120 valence electrons. The van der Waals surface area contributed by atoms with E-state index in [1.165, 1.54) is 11.3 Å². The average molecular weight is 330 g/mol. The van der Waals surface area contributed by atoms with Gasteiger partial charge in [0.1, 0.15) is 11.5 Å². The molecule has 0 saturated carbocycles. The summed E-state index contributed by atoms with van der Waals surface area (Å²) in [5.74, 6) is 1.25. The minimum absolute atomic E-state index is 0.0367. The van der Waals surface area contributed by atoms with E-state index in [1.54, 1.807) is 13.2 Å². The van der Waals surface area contributed by atoms with Gasteiger partial charge in [-0.2, -0.15) is 0 Å². The molecule has 1 aromatic heterocycles. The Morgan fingerprint density at radius 2 is 1.87 bits per heavy atom. The topological polar surface area (TPSA) is 55.8 Å². The van der Waals surface area contributed by atoms with Gasteiger partial charge < -0.3 is 14.6 Å². The van der Waals surface area contributed by atoms with E-state index in [9.17, 15) is 4.79 Å². The highest BCUT2D eigenvalue weighted by Crippen LogP contribution is 2.36. The van der Waals surface area contributed by atoms with Gasteiger partial charge in [-0.15, -0.1) is 11.3 Å². The lowest BCUT2D eigenvalue weighted by molar-refractivity contribution is 0.254. The fraction of sp³-hybridized carbons (Fsp3) is 0.278. The van der Waals surface area contributed by atoms with Crippen molar-refractivity contribution in [2.75, 3.05) is 20.3 Å². The van der Waals surface area contributed by atoms with Crippen molar-refractivity contribution < 1.29 is 14.6 Å². The summed E-state index contributed by atoms with van der Waals surface area (Å²) in [6.45, 7) is 0.616. The fourth-order valence-corrected chi connectivity index (χ4v) is 3.71. The maximum atomic E-state index is 12.9. The van der Waals surface area contributed by atoms with Crippen molar-refractivity contribution in [1.82, 2.24) is 0 Å². The molecule has 5 heteroatoms. The monoisotopic (exact) mass is 330 g/mol. The molecule has 0 bridgehead atoms. The molecule has 0 radical (unpaired) electrons. The summed E-state index contributed by atoms with van der Waals surface area (Å²) in [5.41, 5.74) is -0.0367. The minimum atomic E-state index is -0.0367. The van der Waals surface area contributed by atoms with Gasteiger partial charge in [0.2, 0.25) is 0 Å². The van der Waals surface area contributed by atoms with E-state index in [1.807, 2.05) is 30.3 Å². The lowest BCUT2D eigenvalue weighted by atomic mass is 10.1. The number of hydrogen-bond donors (Lipinski definition) is 1. The number of hydrogen-bond acceptors (Lipinski definition) is 5. The molecule has 0 unspecified atom stereocenters. The highest BCUT2D eigenvalue weighted by molar-refractivity contribution is 7.25. The molecule has 0 amide bonds. The number of fused-ring (bicyclic) bond motifs is 2. The quantitative estimate of drug-likeness (QED) is 0.554. The molecule has 2 aromatic carbocycles. The number of rotatable bonds is 6. The van der Waals surface area contributed by atoms with Crippen LogP contribution >= 0.6 is 11.3 Å². The van der Waals surface area contributed by atoms with Crippen LogP contribution in [0, 0.1) is 0 Å². The predicted octanol–water partition coefficient (Wildman–Crippen LogP) is 3.57. The van der Waals surface area contributed by atoms with Crippen LogP contribution < -0.4 is 14.9 Å². The van der Waals surface area contributed by atoms with Crippen molar-refractivity contribution in [3.63, 3.8) is 0 Å². The smallest absolute Gasteiger partial charge is 0.199 e. The summed E-state index contributed by atoms with van der Waals surface area (Å²) in [5, 5.41) is 10.1. The van der Waals surface area contributed by atoms with Crippen molar-refractivity contribution in [3.05, 3.63) is 46.6 Å². The summed E-state index contributed by atoms with van der Waals surface area (Å²) in [4.78, 5) is 12.9. The number of aliphatic hydroxyl groups excluding tert-OH is 1. The Morgan fingerprint density at radius 3 is 2.65 bits per heavy atom. The van der Waals surface area contributed by atoms with Crippen LogP contribution in [-0.4, -0.2) is 25.4 Å². The second-order valence-corrected chi connectivity index (χ2v) is 6.23. The number of unbranched alkanes of at least 4 members (excludes halogenated alkanes) is 1. The lowest BCUT2D eigenvalue weighted by Crippen LogP contribution is -2.06. The van der Waals surface area contributed by atoms with E-state index in [-0.39, 0.29) is 12.0 Å². The van der Waals surface area contributed by atoms with Gasteiger partial charge in [-0.05, 0) is 37.1 Å². The van der Waals surface area contributed by atoms with Crippen LogP contribution in [0.1, 0.15) is 12.8 Å². The summed E-state index contributed by atoms with van der Waals surface area (Å²) in [7, 11) is 1.60. The highest BCUT2D eigenvalue weighted by Gasteiger charge is 2.14. The molecular formula is C18H18O4S. The number of methoxy groups -OCH3 is 1. The van der Waals surface area contributed by atoms with Gasteiger partial charge in [-0.3, -0.25) is 4.79 Å². The lowest BCUT2D eigenvalue weighted by Gasteiger charge is -2.12. The van der Waals surface area contributed by atoms with Gasteiger partial charge in [0.15, 0.2) is 5.43 Å². The SMILES string of the molecule is COc1ccc(OCCCCO)c2c(=O)c3ccccc3sc12. The average Bonchev–Trinajstić information content (AvgIpc) is 2.59. The molecule has 0 atom stereocenters. The summed E-state index contributed by atoms with van der Waals surface area (Å²) in [6.07, 6.45) is 1.43. The first-order valence-corrected chi connectivity index (χ1v) is 8.34. The molecule has 0 aliphatic carbocycles. The Kier molecular flexibility index (Phi) is 4.79. The van der Waals surface area contributed by atoms with Crippen molar-refractivity contribution in [3.8, 4) is 11.5 Å². The maximum Gasteiger partial charge on any atom is 0.199 e. The molecule has 0 aliphatic heterocycles. The van der Waals surface area contributed by atoms with E-state index >= 15 is 0 Å². The van der Waals surface area contributed by atoms with Crippen molar-refractivity contribution in [1.29, 1.82) is 0 Å². The third-order valence-corrected chi connectivity index (χ3v) is 4.87. The number of ether oxygens (including phenoxy) is 2. The first-order chi connectivity index (χ1) is 11.3. The fourth-order valence-electron chi connectivity index (χ4n) is 2.53. The van der Waals surface area contributed by atoms with Crippen molar-refractivity contribution in [2.45, 2.75) is 12.8 Å². The van der Waals surface area contributed by atoms with Crippen molar-refractivity contribution >= 4 is 31.5 Å². The van der Waals surface area contributed by atoms with Crippen LogP contribution in [0.15, 0.2) is 41.2 Å². The van der Waals surface area contributed by atoms with Gasteiger partial charge in [-0.1, -0.05) is 12.1 Å². The third kappa shape index (κ3) is 3.02. The van der Waals surface area contributed by atoms with Gasteiger partial charge in [0.25, 0.3) is 0 Å². The maximum absolute atomic E-state index is 12.9. The van der Waals surface area contributed by atoms with Crippen LogP contribution in [-0.2, 0) is 0 Å². The normalized spacial score (nSPS) is 11.0. The second-order valence-electron chi connectivity index (χ2n) is 5.18. The predicted molar refractivity (Wildman–Crippen MR) is 94.0 cm³/mol. The van der Waals surface area contributed by atoms with Crippen LogP contribution in [0.25, 0.3) is 20.2 Å². The molecule has 4 nitrogen and oxygen atoms in total. The molecule has 0 saturated heterocycles.